The zero-order valence-corrected chi connectivity index (χ0v) is 15.5. The average molecular weight is 348 g/mol. The number of rotatable bonds is 13. The lowest BCUT2D eigenvalue weighted by atomic mass is 10.0. The largest absolute Gasteiger partial charge is 0.504 e. The Morgan fingerprint density at radius 1 is 1.24 bits per heavy atom. The number of ether oxygens (including phenoxy) is 1. The Hall–Kier alpha value is -1.81. The van der Waals surface area contributed by atoms with Gasteiger partial charge in [-0.1, -0.05) is 50.8 Å². The van der Waals surface area contributed by atoms with E-state index in [0.29, 0.717) is 18.6 Å². The van der Waals surface area contributed by atoms with Crippen LogP contribution in [-0.2, 0) is 11.2 Å². The lowest BCUT2D eigenvalue weighted by Gasteiger charge is -2.07. The minimum absolute atomic E-state index is 0.0344. The molecule has 4 nitrogen and oxygen atoms in total. The maximum atomic E-state index is 12.0. The number of aryl methyl sites for hydroxylation is 1. The number of carbonyl (C=O) groups is 1. The van der Waals surface area contributed by atoms with Crippen molar-refractivity contribution in [2.75, 3.05) is 7.11 Å². The number of hydrogen-bond donors (Lipinski definition) is 2. The first-order chi connectivity index (χ1) is 12.1. The number of aliphatic hydroxyl groups excluding tert-OH is 1. The van der Waals surface area contributed by atoms with E-state index in [0.717, 1.165) is 18.4 Å². The van der Waals surface area contributed by atoms with Crippen LogP contribution in [-0.4, -0.2) is 29.2 Å². The highest BCUT2D eigenvalue weighted by atomic mass is 16.5. The Balaban J connectivity index is 2.24. The summed E-state index contributed by atoms with van der Waals surface area (Å²) in [7, 11) is 1.50. The molecular formula is C21H32O4. The number of benzene rings is 1. The summed E-state index contributed by atoms with van der Waals surface area (Å²) in [5.74, 6) is 0.534. The standard InChI is InChI=1S/C21H32O4/c1-3-4-5-6-7-8-9-10-18(22)16-19(23)13-11-17-12-14-20(24)21(15-17)25-2/h9-10,12,14-15,18,22,24H,3-8,11,13,16H2,1-2H3/t18-/m0/s1. The van der Waals surface area contributed by atoms with E-state index >= 15 is 0 Å². The molecule has 0 fully saturated rings. The number of aliphatic hydroxyl groups is 1. The molecule has 0 aromatic heterocycles. The van der Waals surface area contributed by atoms with E-state index < -0.39 is 6.10 Å². The van der Waals surface area contributed by atoms with Crippen LogP contribution in [0.4, 0.5) is 0 Å². The Labute approximate surface area is 151 Å². The van der Waals surface area contributed by atoms with Gasteiger partial charge in [-0.05, 0) is 37.0 Å². The quantitative estimate of drug-likeness (QED) is 0.405. The first kappa shape index (κ1) is 21.2. The van der Waals surface area contributed by atoms with Gasteiger partial charge in [-0.15, -0.1) is 0 Å². The molecule has 0 saturated carbocycles. The van der Waals surface area contributed by atoms with Gasteiger partial charge in [0.2, 0.25) is 0 Å². The highest BCUT2D eigenvalue weighted by Crippen LogP contribution is 2.26. The van der Waals surface area contributed by atoms with Crippen molar-refractivity contribution < 1.29 is 19.7 Å². The molecule has 0 heterocycles. The van der Waals surface area contributed by atoms with Crippen LogP contribution >= 0.6 is 0 Å². The molecule has 0 aliphatic carbocycles. The summed E-state index contributed by atoms with van der Waals surface area (Å²) in [6.45, 7) is 2.20. The SMILES string of the molecule is CCCCCCCC=C[C@H](O)CC(=O)CCc1ccc(O)c(OC)c1. The van der Waals surface area contributed by atoms with E-state index in [1.165, 1.54) is 32.8 Å². The van der Waals surface area contributed by atoms with Crippen molar-refractivity contribution in [3.8, 4) is 11.5 Å². The number of Topliss-reactive ketones (excluding diaryl/α,β-unsaturated/α-hetero) is 1. The van der Waals surface area contributed by atoms with E-state index in [9.17, 15) is 15.0 Å². The van der Waals surface area contributed by atoms with Gasteiger partial charge in [-0.3, -0.25) is 4.79 Å². The normalized spacial score (nSPS) is 12.4. The van der Waals surface area contributed by atoms with Crippen LogP contribution in [0.15, 0.2) is 30.4 Å². The first-order valence-corrected chi connectivity index (χ1v) is 9.29. The Kier molecular flexibility index (Phi) is 10.6. The third-order valence-electron chi connectivity index (χ3n) is 4.21. The number of carbonyl (C=O) groups excluding carboxylic acids is 1. The predicted molar refractivity (Wildman–Crippen MR) is 101 cm³/mol. The minimum Gasteiger partial charge on any atom is -0.504 e. The summed E-state index contributed by atoms with van der Waals surface area (Å²) in [5, 5.41) is 19.5. The van der Waals surface area contributed by atoms with Crippen LogP contribution in [0.1, 0.15) is 63.9 Å². The number of hydrogen-bond acceptors (Lipinski definition) is 4. The molecule has 0 amide bonds. The van der Waals surface area contributed by atoms with Crippen molar-refractivity contribution in [3.05, 3.63) is 35.9 Å². The molecule has 1 rings (SSSR count). The average Bonchev–Trinajstić information content (AvgIpc) is 2.60. The van der Waals surface area contributed by atoms with Gasteiger partial charge in [0.1, 0.15) is 5.78 Å². The summed E-state index contributed by atoms with van der Waals surface area (Å²) in [5.41, 5.74) is 0.931. The number of aromatic hydroxyl groups is 1. The molecule has 0 radical (unpaired) electrons. The topological polar surface area (TPSA) is 66.8 Å². The number of ketones is 1. The zero-order valence-electron chi connectivity index (χ0n) is 15.5. The van der Waals surface area contributed by atoms with Gasteiger partial charge in [0.25, 0.3) is 0 Å². The number of unbranched alkanes of at least 4 members (excludes halogenated alkanes) is 5. The lowest BCUT2D eigenvalue weighted by molar-refractivity contribution is -0.120. The highest BCUT2D eigenvalue weighted by Gasteiger charge is 2.09. The van der Waals surface area contributed by atoms with Crippen LogP contribution < -0.4 is 4.74 Å². The second-order valence-corrected chi connectivity index (χ2v) is 6.45. The summed E-state index contributed by atoms with van der Waals surface area (Å²) >= 11 is 0. The van der Waals surface area contributed by atoms with Gasteiger partial charge in [-0.25, -0.2) is 0 Å². The third-order valence-corrected chi connectivity index (χ3v) is 4.21. The Bertz CT molecular complexity index is 537. The van der Waals surface area contributed by atoms with E-state index in [1.54, 1.807) is 24.3 Å². The molecule has 1 aromatic carbocycles. The van der Waals surface area contributed by atoms with E-state index in [-0.39, 0.29) is 18.0 Å². The molecule has 0 unspecified atom stereocenters. The van der Waals surface area contributed by atoms with Gasteiger partial charge >= 0.3 is 0 Å². The maximum absolute atomic E-state index is 12.0. The van der Waals surface area contributed by atoms with E-state index in [4.69, 9.17) is 4.74 Å². The fraction of sp³-hybridized carbons (Fsp3) is 0.571. The lowest BCUT2D eigenvalue weighted by Crippen LogP contribution is -2.11. The van der Waals surface area contributed by atoms with Crippen molar-refractivity contribution in [2.24, 2.45) is 0 Å². The molecule has 4 heteroatoms. The molecule has 25 heavy (non-hydrogen) atoms. The van der Waals surface area contributed by atoms with Crippen molar-refractivity contribution in [1.82, 2.24) is 0 Å². The second kappa shape index (κ2) is 12.5. The number of phenolic OH excluding ortho intramolecular Hbond substituents is 1. The Morgan fingerprint density at radius 3 is 2.72 bits per heavy atom. The summed E-state index contributed by atoms with van der Waals surface area (Å²) in [4.78, 5) is 12.0. The van der Waals surface area contributed by atoms with Gasteiger partial charge in [0, 0.05) is 12.8 Å². The third kappa shape index (κ3) is 9.30. The number of methoxy groups -OCH3 is 1. The molecule has 0 aliphatic heterocycles. The molecule has 1 atom stereocenters. The summed E-state index contributed by atoms with van der Waals surface area (Å²) in [6.07, 6.45) is 11.2. The monoisotopic (exact) mass is 348 g/mol. The van der Waals surface area contributed by atoms with Crippen LogP contribution in [0.3, 0.4) is 0 Å². The van der Waals surface area contributed by atoms with Gasteiger partial charge in [-0.2, -0.15) is 0 Å². The molecule has 0 spiro atoms. The molecule has 0 bridgehead atoms. The number of allylic oxidation sites excluding steroid dienone is 1. The van der Waals surface area contributed by atoms with Crippen LogP contribution in [0, 0.1) is 0 Å². The predicted octanol–water partition coefficient (Wildman–Crippen LogP) is 4.57. The fourth-order valence-electron chi connectivity index (χ4n) is 2.68. The Morgan fingerprint density at radius 2 is 2.00 bits per heavy atom. The van der Waals surface area contributed by atoms with Crippen LogP contribution in [0.5, 0.6) is 11.5 Å². The van der Waals surface area contributed by atoms with Crippen molar-refractivity contribution in [2.45, 2.75) is 70.8 Å². The first-order valence-electron chi connectivity index (χ1n) is 9.29. The molecule has 0 aliphatic rings. The zero-order chi connectivity index (χ0) is 18.5. The molecule has 0 saturated heterocycles. The highest BCUT2D eigenvalue weighted by molar-refractivity contribution is 5.79. The fourth-order valence-corrected chi connectivity index (χ4v) is 2.68. The molecule has 1 aromatic rings. The summed E-state index contributed by atoms with van der Waals surface area (Å²) < 4.78 is 5.06. The smallest absolute Gasteiger partial charge is 0.160 e. The van der Waals surface area contributed by atoms with E-state index in [1.807, 2.05) is 6.08 Å². The summed E-state index contributed by atoms with van der Waals surface area (Å²) in [6, 6.07) is 5.08. The van der Waals surface area contributed by atoms with Crippen LogP contribution in [0.25, 0.3) is 0 Å². The van der Waals surface area contributed by atoms with Gasteiger partial charge in [0.05, 0.1) is 13.2 Å². The van der Waals surface area contributed by atoms with Gasteiger partial charge < -0.3 is 14.9 Å². The van der Waals surface area contributed by atoms with Gasteiger partial charge in [0.15, 0.2) is 11.5 Å². The second-order valence-electron chi connectivity index (χ2n) is 6.45. The van der Waals surface area contributed by atoms with Crippen molar-refractivity contribution in [3.63, 3.8) is 0 Å². The van der Waals surface area contributed by atoms with Crippen molar-refractivity contribution in [1.29, 1.82) is 0 Å². The van der Waals surface area contributed by atoms with Crippen molar-refractivity contribution >= 4 is 5.78 Å². The molecule has 140 valence electrons. The minimum atomic E-state index is -0.697. The van der Waals surface area contributed by atoms with E-state index in [2.05, 4.69) is 6.92 Å². The molecular weight excluding hydrogens is 316 g/mol. The van der Waals surface area contributed by atoms with Crippen LogP contribution in [0.2, 0.25) is 0 Å². The maximum Gasteiger partial charge on any atom is 0.160 e. The number of phenols is 1. The molecule has 2 N–H and O–H groups in total.